The van der Waals surface area contributed by atoms with Gasteiger partial charge in [0.2, 0.25) is 17.7 Å². The Bertz CT molecular complexity index is 494. The molecule has 0 spiro atoms. The van der Waals surface area contributed by atoms with Crippen molar-refractivity contribution in [2.45, 2.75) is 58.3 Å². The molecule has 0 radical (unpaired) electrons. The first-order chi connectivity index (χ1) is 11.5. The summed E-state index contributed by atoms with van der Waals surface area (Å²) >= 11 is 0. The van der Waals surface area contributed by atoms with Gasteiger partial charge in [-0.3, -0.25) is 14.4 Å². The normalized spacial score (nSPS) is 15.6. The van der Waals surface area contributed by atoms with Crippen molar-refractivity contribution in [2.24, 2.45) is 11.7 Å². The van der Waals surface area contributed by atoms with Gasteiger partial charge in [0.25, 0.3) is 0 Å². The van der Waals surface area contributed by atoms with Crippen LogP contribution in [0, 0.1) is 5.92 Å². The van der Waals surface area contributed by atoms with Crippen LogP contribution in [0.1, 0.15) is 34.1 Å². The maximum atomic E-state index is 12.1. The van der Waals surface area contributed by atoms with Crippen molar-refractivity contribution in [3.63, 3.8) is 0 Å². The van der Waals surface area contributed by atoms with E-state index >= 15 is 0 Å². The molecule has 0 aliphatic heterocycles. The van der Waals surface area contributed by atoms with Crippen LogP contribution in [-0.4, -0.2) is 64.7 Å². The molecule has 25 heavy (non-hydrogen) atoms. The molecule has 3 amide bonds. The van der Waals surface area contributed by atoms with E-state index in [9.17, 15) is 24.3 Å². The minimum Gasteiger partial charge on any atom is -0.480 e. The second kappa shape index (κ2) is 10.6. The second-order valence-electron chi connectivity index (χ2n) is 6.29. The van der Waals surface area contributed by atoms with Gasteiger partial charge in [-0.25, -0.2) is 4.79 Å². The highest BCUT2D eigenvalue weighted by Gasteiger charge is 2.28. The number of carbonyl (C=O) groups excluding carboxylic acids is 3. The number of carboxylic acids is 1. The maximum Gasteiger partial charge on any atom is 0.326 e. The Morgan fingerprint density at radius 1 is 0.880 bits per heavy atom. The molecule has 0 bridgehead atoms. The Morgan fingerprint density at radius 3 is 1.80 bits per heavy atom. The lowest BCUT2D eigenvalue weighted by Crippen LogP contribution is -2.57. The number of rotatable bonds is 10. The minimum absolute atomic E-state index is 0.0251. The predicted molar refractivity (Wildman–Crippen MR) is 89.3 cm³/mol. The molecule has 0 heterocycles. The Morgan fingerprint density at radius 2 is 1.40 bits per heavy atom. The molecule has 0 aliphatic rings. The number of carbonyl (C=O) groups is 4. The van der Waals surface area contributed by atoms with Crippen LogP contribution in [0.5, 0.6) is 0 Å². The summed E-state index contributed by atoms with van der Waals surface area (Å²) in [6.45, 7) is 5.72. The number of aliphatic hydroxyl groups excluding tert-OH is 1. The van der Waals surface area contributed by atoms with Crippen LogP contribution in [0.4, 0.5) is 0 Å². The van der Waals surface area contributed by atoms with E-state index in [0.29, 0.717) is 0 Å². The van der Waals surface area contributed by atoms with E-state index in [4.69, 9.17) is 10.8 Å². The van der Waals surface area contributed by atoms with Crippen molar-refractivity contribution in [1.29, 1.82) is 0 Å². The molecule has 0 aliphatic carbocycles. The van der Waals surface area contributed by atoms with Crippen LogP contribution < -0.4 is 21.7 Å². The zero-order valence-electron chi connectivity index (χ0n) is 14.9. The van der Waals surface area contributed by atoms with Gasteiger partial charge < -0.3 is 31.9 Å². The summed E-state index contributed by atoms with van der Waals surface area (Å²) in [5.41, 5.74) is 5.38. The van der Waals surface area contributed by atoms with Gasteiger partial charge in [-0.05, 0) is 26.2 Å². The third kappa shape index (κ3) is 8.45. The number of hydrogen-bond acceptors (Lipinski definition) is 6. The number of aliphatic carboxylic acids is 1. The van der Waals surface area contributed by atoms with Crippen LogP contribution in [0.2, 0.25) is 0 Å². The molecule has 4 unspecified atom stereocenters. The molecular formula is C15H28N4O6. The van der Waals surface area contributed by atoms with Crippen molar-refractivity contribution < 1.29 is 29.4 Å². The summed E-state index contributed by atoms with van der Waals surface area (Å²) in [6, 6.07) is -4.25. The quantitative estimate of drug-likeness (QED) is 0.260. The lowest BCUT2D eigenvalue weighted by Gasteiger charge is -2.22. The molecule has 4 atom stereocenters. The smallest absolute Gasteiger partial charge is 0.326 e. The van der Waals surface area contributed by atoms with Crippen LogP contribution >= 0.6 is 0 Å². The fourth-order valence-electron chi connectivity index (χ4n) is 1.87. The summed E-state index contributed by atoms with van der Waals surface area (Å²) in [5.74, 6) is -3.26. The van der Waals surface area contributed by atoms with Crippen molar-refractivity contribution in [3.8, 4) is 0 Å². The number of nitrogens with one attached hydrogen (secondary N) is 3. The molecular weight excluding hydrogens is 332 g/mol. The van der Waals surface area contributed by atoms with Gasteiger partial charge in [0.15, 0.2) is 0 Å². The van der Waals surface area contributed by atoms with Crippen molar-refractivity contribution in [2.75, 3.05) is 6.61 Å². The van der Waals surface area contributed by atoms with Crippen LogP contribution in [-0.2, 0) is 19.2 Å². The Kier molecular flexibility index (Phi) is 9.69. The third-order valence-corrected chi connectivity index (χ3v) is 3.30. The standard InChI is InChI=1S/C15H28N4O6/c1-7(2)5-10(15(24)25)18-14(23)11(6-20)19-13(22)9(4)17-12(21)8(3)16/h7-11,20H,5-6,16H2,1-4H3,(H,17,21)(H,18,23)(H,19,22)(H,24,25). The van der Waals surface area contributed by atoms with E-state index in [1.54, 1.807) is 13.8 Å². The molecule has 0 aromatic rings. The molecule has 10 nitrogen and oxygen atoms in total. The summed E-state index contributed by atoms with van der Waals surface area (Å²) in [6.07, 6.45) is 0.202. The second-order valence-corrected chi connectivity index (χ2v) is 6.29. The maximum absolute atomic E-state index is 12.1. The van der Waals surface area contributed by atoms with E-state index in [2.05, 4.69) is 16.0 Å². The molecule has 0 saturated carbocycles. The average molecular weight is 360 g/mol. The summed E-state index contributed by atoms with van der Waals surface area (Å²) in [7, 11) is 0. The Labute approximate surface area is 146 Å². The first-order valence-electron chi connectivity index (χ1n) is 7.99. The van der Waals surface area contributed by atoms with Crippen LogP contribution in [0.3, 0.4) is 0 Å². The van der Waals surface area contributed by atoms with E-state index in [0.717, 1.165) is 0 Å². The lowest BCUT2D eigenvalue weighted by molar-refractivity contribution is -0.143. The Balaban J connectivity index is 4.79. The van der Waals surface area contributed by atoms with Crippen LogP contribution in [0.15, 0.2) is 0 Å². The number of aliphatic hydroxyl groups is 1. The summed E-state index contributed by atoms with van der Waals surface area (Å²) < 4.78 is 0. The van der Waals surface area contributed by atoms with E-state index in [-0.39, 0.29) is 12.3 Å². The average Bonchev–Trinajstić information content (AvgIpc) is 2.50. The SMILES string of the molecule is CC(C)CC(NC(=O)C(CO)NC(=O)C(C)NC(=O)C(C)N)C(=O)O. The molecule has 7 N–H and O–H groups in total. The molecule has 0 saturated heterocycles. The van der Waals surface area contributed by atoms with Gasteiger partial charge in [0.05, 0.1) is 12.6 Å². The zero-order valence-corrected chi connectivity index (χ0v) is 14.9. The van der Waals surface area contributed by atoms with Crippen molar-refractivity contribution in [1.82, 2.24) is 16.0 Å². The van der Waals surface area contributed by atoms with E-state index in [1.165, 1.54) is 13.8 Å². The number of nitrogens with two attached hydrogens (primary N) is 1. The van der Waals surface area contributed by atoms with Gasteiger partial charge in [-0.2, -0.15) is 0 Å². The number of amides is 3. The van der Waals surface area contributed by atoms with Gasteiger partial charge in [0, 0.05) is 0 Å². The van der Waals surface area contributed by atoms with E-state index < -0.39 is 54.5 Å². The monoisotopic (exact) mass is 360 g/mol. The first kappa shape index (κ1) is 22.8. The minimum atomic E-state index is -1.34. The third-order valence-electron chi connectivity index (χ3n) is 3.30. The fraction of sp³-hybridized carbons (Fsp3) is 0.733. The Hall–Kier alpha value is -2.20. The number of carboxylic acid groups (broad SMARTS) is 1. The topological polar surface area (TPSA) is 171 Å². The highest BCUT2D eigenvalue weighted by atomic mass is 16.4. The molecule has 0 fully saturated rings. The van der Waals surface area contributed by atoms with Crippen molar-refractivity contribution >= 4 is 23.7 Å². The first-order valence-corrected chi connectivity index (χ1v) is 7.99. The summed E-state index contributed by atoms with van der Waals surface area (Å²) in [4.78, 5) is 46.7. The number of hydrogen-bond donors (Lipinski definition) is 6. The van der Waals surface area contributed by atoms with Crippen LogP contribution in [0.25, 0.3) is 0 Å². The highest BCUT2D eigenvalue weighted by Crippen LogP contribution is 2.05. The van der Waals surface area contributed by atoms with E-state index in [1.807, 2.05) is 0 Å². The lowest BCUT2D eigenvalue weighted by atomic mass is 10.0. The highest BCUT2D eigenvalue weighted by molar-refractivity contribution is 5.93. The molecule has 0 rings (SSSR count). The van der Waals surface area contributed by atoms with Gasteiger partial charge >= 0.3 is 5.97 Å². The summed E-state index contributed by atoms with van der Waals surface area (Å²) in [5, 5.41) is 25.3. The molecule has 0 aromatic heterocycles. The van der Waals surface area contributed by atoms with Gasteiger partial charge in [-0.1, -0.05) is 13.8 Å². The predicted octanol–water partition coefficient (Wildman–Crippen LogP) is -2.07. The van der Waals surface area contributed by atoms with Gasteiger partial charge in [0.1, 0.15) is 18.1 Å². The largest absolute Gasteiger partial charge is 0.480 e. The fourth-order valence-corrected chi connectivity index (χ4v) is 1.87. The van der Waals surface area contributed by atoms with Crippen molar-refractivity contribution in [3.05, 3.63) is 0 Å². The molecule has 144 valence electrons. The van der Waals surface area contributed by atoms with Gasteiger partial charge in [-0.15, -0.1) is 0 Å². The molecule has 0 aromatic carbocycles. The zero-order chi connectivity index (χ0) is 19.7. The molecule has 10 heteroatoms.